The topological polar surface area (TPSA) is 71.5 Å². The van der Waals surface area contributed by atoms with E-state index in [9.17, 15) is 9.90 Å². The van der Waals surface area contributed by atoms with Crippen LogP contribution < -0.4 is 0 Å². The Labute approximate surface area is 193 Å². The van der Waals surface area contributed by atoms with E-state index in [0.717, 1.165) is 45.1 Å². The molecule has 4 aliphatic rings. The predicted octanol–water partition coefficient (Wildman–Crippen LogP) is 4.69. The van der Waals surface area contributed by atoms with Crippen molar-refractivity contribution in [3.63, 3.8) is 0 Å². The van der Waals surface area contributed by atoms with Crippen molar-refractivity contribution in [1.82, 2.24) is 4.90 Å². The van der Waals surface area contributed by atoms with Crippen LogP contribution in [0.25, 0.3) is 0 Å². The zero-order valence-corrected chi connectivity index (χ0v) is 20.9. The van der Waals surface area contributed by atoms with Crippen molar-refractivity contribution >= 4 is 6.09 Å². The summed E-state index contributed by atoms with van der Waals surface area (Å²) in [5.74, 6) is 0.827. The second kappa shape index (κ2) is 8.59. The minimum absolute atomic E-state index is 0.120. The van der Waals surface area contributed by atoms with Crippen LogP contribution in [0.15, 0.2) is 11.6 Å². The van der Waals surface area contributed by atoms with Crippen LogP contribution in [0.4, 0.5) is 4.79 Å². The first kappa shape index (κ1) is 24.0. The van der Waals surface area contributed by atoms with Gasteiger partial charge < -0.3 is 24.2 Å². The van der Waals surface area contributed by atoms with Gasteiger partial charge in [-0.1, -0.05) is 18.6 Å². The number of allylic oxidation sites excluding steroid dienone is 2. The largest absolute Gasteiger partial charge is 0.443 e. The van der Waals surface area contributed by atoms with Crippen LogP contribution in [0, 0.1) is 17.3 Å². The highest BCUT2D eigenvalue weighted by molar-refractivity contribution is 5.69. The summed E-state index contributed by atoms with van der Waals surface area (Å²) in [6.07, 6.45) is 8.45. The number of hydrogen-bond donors (Lipinski definition) is 1. The number of rotatable bonds is 6. The third-order valence-electron chi connectivity index (χ3n) is 8.94. The minimum atomic E-state index is -0.936. The Balaban J connectivity index is 1.52. The molecule has 6 nitrogen and oxygen atoms in total. The molecule has 0 aromatic rings. The summed E-state index contributed by atoms with van der Waals surface area (Å²) in [7, 11) is 1.75. The molecule has 182 valence electrons. The van der Waals surface area contributed by atoms with Gasteiger partial charge in [-0.2, -0.15) is 0 Å². The molecular formula is C26H43NO5. The van der Waals surface area contributed by atoms with Crippen molar-refractivity contribution in [2.24, 2.45) is 17.3 Å². The van der Waals surface area contributed by atoms with Crippen molar-refractivity contribution in [2.45, 2.75) is 109 Å². The molecule has 1 amide bonds. The molecule has 0 bridgehead atoms. The van der Waals surface area contributed by atoms with E-state index in [2.05, 4.69) is 26.8 Å². The van der Waals surface area contributed by atoms with Gasteiger partial charge in [-0.15, -0.1) is 0 Å². The van der Waals surface area contributed by atoms with E-state index in [-0.39, 0.29) is 41.3 Å². The van der Waals surface area contributed by atoms with Gasteiger partial charge >= 0.3 is 6.09 Å². The number of aliphatic hydroxyl groups is 1. The highest BCUT2D eigenvalue weighted by Crippen LogP contribution is 2.64. The lowest BCUT2D eigenvalue weighted by Crippen LogP contribution is -2.61. The van der Waals surface area contributed by atoms with Crippen LogP contribution >= 0.6 is 0 Å². The van der Waals surface area contributed by atoms with Crippen molar-refractivity contribution in [2.75, 3.05) is 20.3 Å². The zero-order valence-electron chi connectivity index (χ0n) is 20.9. The van der Waals surface area contributed by atoms with E-state index in [4.69, 9.17) is 14.2 Å². The number of methoxy groups -OCH3 is 1. The molecule has 0 aromatic heterocycles. The summed E-state index contributed by atoms with van der Waals surface area (Å²) in [5.41, 5.74) is 0.430. The van der Waals surface area contributed by atoms with Crippen LogP contribution in [-0.4, -0.2) is 65.8 Å². The number of amides is 1. The molecule has 1 spiro atoms. The number of carbonyl (C=O) groups excluding carboxylic acids is 1. The van der Waals surface area contributed by atoms with E-state index in [1.54, 1.807) is 25.9 Å². The first-order valence-corrected chi connectivity index (χ1v) is 12.5. The lowest BCUT2D eigenvalue weighted by Gasteiger charge is -2.58. The molecule has 4 rings (SSSR count). The van der Waals surface area contributed by atoms with Gasteiger partial charge in [-0.3, -0.25) is 0 Å². The molecule has 0 aromatic carbocycles. The van der Waals surface area contributed by atoms with Crippen LogP contribution in [0.2, 0.25) is 0 Å². The van der Waals surface area contributed by atoms with Crippen molar-refractivity contribution in [3.05, 3.63) is 11.6 Å². The first-order chi connectivity index (χ1) is 15.0. The number of hydrogen-bond acceptors (Lipinski definition) is 5. The summed E-state index contributed by atoms with van der Waals surface area (Å²) in [5, 5.41) is 10.5. The Morgan fingerprint density at radius 1 is 1.25 bits per heavy atom. The average Bonchev–Trinajstić information content (AvgIpc) is 3.27. The average molecular weight is 450 g/mol. The Morgan fingerprint density at radius 2 is 1.97 bits per heavy atom. The second-order valence-corrected chi connectivity index (χ2v) is 11.8. The van der Waals surface area contributed by atoms with E-state index < -0.39 is 5.60 Å². The van der Waals surface area contributed by atoms with Crippen LogP contribution in [-0.2, 0) is 14.2 Å². The van der Waals surface area contributed by atoms with Crippen molar-refractivity contribution < 1.29 is 24.1 Å². The molecule has 2 saturated heterocycles. The van der Waals surface area contributed by atoms with Gasteiger partial charge in [0.15, 0.2) is 0 Å². The zero-order chi connectivity index (χ0) is 23.3. The Morgan fingerprint density at radius 3 is 2.50 bits per heavy atom. The van der Waals surface area contributed by atoms with E-state index in [0.29, 0.717) is 12.5 Å². The van der Waals surface area contributed by atoms with Gasteiger partial charge in [0.2, 0.25) is 0 Å². The van der Waals surface area contributed by atoms with E-state index >= 15 is 0 Å². The number of carbonyl (C=O) groups is 1. The maximum absolute atomic E-state index is 13.2. The normalized spacial score (nSPS) is 41.3. The summed E-state index contributed by atoms with van der Waals surface area (Å²) >= 11 is 0. The number of epoxide rings is 1. The van der Waals surface area contributed by atoms with E-state index in [1.807, 2.05) is 0 Å². The molecular weight excluding hydrogens is 406 g/mol. The molecule has 2 aliphatic carbocycles. The minimum Gasteiger partial charge on any atom is -0.443 e. The third kappa shape index (κ3) is 4.23. The first-order valence-electron chi connectivity index (χ1n) is 12.5. The fourth-order valence-electron chi connectivity index (χ4n) is 6.92. The molecule has 2 saturated carbocycles. The predicted molar refractivity (Wildman–Crippen MR) is 123 cm³/mol. The Bertz CT molecular complexity index is 735. The third-order valence-corrected chi connectivity index (χ3v) is 8.94. The Kier molecular flexibility index (Phi) is 6.45. The van der Waals surface area contributed by atoms with Gasteiger partial charge in [0.05, 0.1) is 23.9 Å². The highest BCUT2D eigenvalue weighted by atomic mass is 16.6. The van der Waals surface area contributed by atoms with Gasteiger partial charge in [0.25, 0.3) is 0 Å². The van der Waals surface area contributed by atoms with Gasteiger partial charge in [-0.05, 0) is 84.0 Å². The van der Waals surface area contributed by atoms with Gasteiger partial charge in [0.1, 0.15) is 12.2 Å². The molecule has 7 atom stereocenters. The maximum Gasteiger partial charge on any atom is 0.410 e. The van der Waals surface area contributed by atoms with Gasteiger partial charge in [0, 0.05) is 19.6 Å². The maximum atomic E-state index is 13.2. The number of likely N-dealkylation sites (tertiary alicyclic amines) is 1. The molecule has 4 fully saturated rings. The fourth-order valence-corrected chi connectivity index (χ4v) is 6.92. The number of nitrogens with zero attached hydrogens (tertiary/aromatic N) is 1. The number of ether oxygens (including phenoxy) is 3. The Hall–Kier alpha value is -1.11. The van der Waals surface area contributed by atoms with Gasteiger partial charge in [-0.25, -0.2) is 4.79 Å². The quantitative estimate of drug-likeness (QED) is 0.470. The molecule has 6 heteroatoms. The monoisotopic (exact) mass is 449 g/mol. The standard InChI is InChI=1S/C26H43NO5/c1-17(2)9-10-18-11-13-25(18,5)22-21(30-6)19(12-14-26(22)16-31-26)32-23(28)27-15-7-8-20(27)24(3,4)29/h9,18-22,29H,7-8,10-16H2,1-6H3/t18-,19+,20?,21+,22+,25-,26?/m0/s1. The molecule has 32 heavy (non-hydrogen) atoms. The summed E-state index contributed by atoms with van der Waals surface area (Å²) in [6, 6.07) is -0.203. The molecule has 0 radical (unpaired) electrons. The van der Waals surface area contributed by atoms with Crippen LogP contribution in [0.1, 0.15) is 79.6 Å². The van der Waals surface area contributed by atoms with Crippen molar-refractivity contribution in [1.29, 1.82) is 0 Å². The molecule has 2 heterocycles. The highest BCUT2D eigenvalue weighted by Gasteiger charge is 2.67. The lowest BCUT2D eigenvalue weighted by atomic mass is 9.48. The van der Waals surface area contributed by atoms with Crippen LogP contribution in [0.5, 0.6) is 0 Å². The second-order valence-electron chi connectivity index (χ2n) is 11.8. The summed E-state index contributed by atoms with van der Waals surface area (Å²) < 4.78 is 18.4. The lowest BCUT2D eigenvalue weighted by molar-refractivity contribution is -0.173. The fraction of sp³-hybridized carbons (Fsp3) is 0.885. The SMILES string of the molecule is CO[C@@H]1[C@H](OC(=O)N2CCCC2C(C)(C)O)CCC2(CO2)[C@H]1[C@@]1(C)CC[C@@H]1CC=C(C)C. The molecule has 2 aliphatic heterocycles. The van der Waals surface area contributed by atoms with Crippen molar-refractivity contribution in [3.8, 4) is 0 Å². The molecule has 2 unspecified atom stereocenters. The van der Waals surface area contributed by atoms with E-state index in [1.165, 1.54) is 12.0 Å². The van der Waals surface area contributed by atoms with Crippen LogP contribution in [0.3, 0.4) is 0 Å². The molecule has 1 N–H and O–H groups in total. The summed E-state index contributed by atoms with van der Waals surface area (Å²) in [4.78, 5) is 14.9. The smallest absolute Gasteiger partial charge is 0.410 e. The summed E-state index contributed by atoms with van der Waals surface area (Å²) in [6.45, 7) is 11.7.